The van der Waals surface area contributed by atoms with E-state index in [2.05, 4.69) is 6.58 Å². The van der Waals surface area contributed by atoms with Crippen LogP contribution in [0.25, 0.3) is 0 Å². The highest BCUT2D eigenvalue weighted by atomic mass is 19.1. The standard InChI is InChI=1S/C11H13FN2O2/c1-8(2)7-13(3)11-5-4-9(14(15)16)6-10(11)12/h4-6H,1,7H2,2-3H3. The molecular weight excluding hydrogens is 211 g/mol. The van der Waals surface area contributed by atoms with Crippen molar-refractivity contribution in [2.24, 2.45) is 0 Å². The van der Waals surface area contributed by atoms with Crippen LogP contribution in [0.4, 0.5) is 15.8 Å². The molecule has 0 aliphatic heterocycles. The van der Waals surface area contributed by atoms with Crippen molar-refractivity contribution >= 4 is 11.4 Å². The largest absolute Gasteiger partial charge is 0.368 e. The Balaban J connectivity index is 2.98. The maximum atomic E-state index is 13.5. The Labute approximate surface area is 93.1 Å². The van der Waals surface area contributed by atoms with Gasteiger partial charge in [-0.1, -0.05) is 12.2 Å². The van der Waals surface area contributed by atoms with E-state index in [1.165, 1.54) is 12.1 Å². The van der Waals surface area contributed by atoms with Gasteiger partial charge in [-0.3, -0.25) is 10.1 Å². The average Bonchev–Trinajstić information content (AvgIpc) is 2.15. The summed E-state index contributed by atoms with van der Waals surface area (Å²) in [7, 11) is 1.71. The van der Waals surface area contributed by atoms with Crippen molar-refractivity contribution in [1.82, 2.24) is 0 Å². The van der Waals surface area contributed by atoms with Gasteiger partial charge in [0.15, 0.2) is 5.82 Å². The average molecular weight is 224 g/mol. The molecule has 4 nitrogen and oxygen atoms in total. The quantitative estimate of drug-likeness (QED) is 0.449. The van der Waals surface area contributed by atoms with Crippen LogP contribution < -0.4 is 4.90 Å². The van der Waals surface area contributed by atoms with Crippen LogP contribution in [0.1, 0.15) is 6.92 Å². The first-order valence-electron chi connectivity index (χ1n) is 4.71. The van der Waals surface area contributed by atoms with Crippen molar-refractivity contribution < 1.29 is 9.31 Å². The molecule has 1 rings (SSSR count). The minimum Gasteiger partial charge on any atom is -0.368 e. The molecule has 5 heteroatoms. The summed E-state index contributed by atoms with van der Waals surface area (Å²) in [5.41, 5.74) is 0.971. The molecule has 0 unspecified atom stereocenters. The third kappa shape index (κ3) is 2.79. The Morgan fingerprint density at radius 3 is 2.69 bits per heavy atom. The Bertz CT molecular complexity index is 432. The van der Waals surface area contributed by atoms with Gasteiger partial charge < -0.3 is 4.90 Å². The van der Waals surface area contributed by atoms with Crippen LogP contribution in [0.3, 0.4) is 0 Å². The number of benzene rings is 1. The van der Waals surface area contributed by atoms with Crippen LogP contribution in [0.15, 0.2) is 30.4 Å². The second-order valence-corrected chi connectivity index (χ2v) is 3.71. The van der Waals surface area contributed by atoms with E-state index in [0.717, 1.165) is 11.6 Å². The molecule has 1 aromatic rings. The van der Waals surface area contributed by atoms with Crippen molar-refractivity contribution in [2.75, 3.05) is 18.5 Å². The number of rotatable bonds is 4. The number of hydrogen-bond acceptors (Lipinski definition) is 3. The molecular formula is C11H13FN2O2. The third-order valence-corrected chi connectivity index (χ3v) is 2.06. The normalized spacial score (nSPS) is 9.94. The van der Waals surface area contributed by atoms with Crippen molar-refractivity contribution in [1.29, 1.82) is 0 Å². The molecule has 0 fully saturated rings. The van der Waals surface area contributed by atoms with Crippen molar-refractivity contribution in [3.8, 4) is 0 Å². The fourth-order valence-electron chi connectivity index (χ4n) is 1.41. The molecule has 0 spiro atoms. The molecule has 0 aliphatic carbocycles. The van der Waals surface area contributed by atoms with Gasteiger partial charge in [0.2, 0.25) is 0 Å². The highest BCUT2D eigenvalue weighted by Crippen LogP contribution is 2.23. The predicted molar refractivity (Wildman–Crippen MR) is 61.1 cm³/mol. The summed E-state index contributed by atoms with van der Waals surface area (Å²) in [6, 6.07) is 3.61. The van der Waals surface area contributed by atoms with Crippen molar-refractivity contribution in [3.63, 3.8) is 0 Å². The maximum Gasteiger partial charge on any atom is 0.272 e. The van der Waals surface area contributed by atoms with Crippen LogP contribution in [-0.4, -0.2) is 18.5 Å². The Morgan fingerprint density at radius 1 is 1.62 bits per heavy atom. The number of likely N-dealkylation sites (N-methyl/N-ethyl adjacent to an activating group) is 1. The molecule has 0 heterocycles. The number of non-ortho nitro benzene ring substituents is 1. The second kappa shape index (κ2) is 4.74. The third-order valence-electron chi connectivity index (χ3n) is 2.06. The molecule has 0 atom stereocenters. The summed E-state index contributed by atoms with van der Waals surface area (Å²) in [6.45, 7) is 6.07. The summed E-state index contributed by atoms with van der Waals surface area (Å²) in [6.07, 6.45) is 0. The minimum atomic E-state index is -0.619. The van der Waals surface area contributed by atoms with E-state index < -0.39 is 10.7 Å². The fourth-order valence-corrected chi connectivity index (χ4v) is 1.41. The second-order valence-electron chi connectivity index (χ2n) is 3.71. The molecule has 0 amide bonds. The monoisotopic (exact) mass is 224 g/mol. The molecule has 0 radical (unpaired) electrons. The van der Waals surface area contributed by atoms with Gasteiger partial charge in [0.05, 0.1) is 16.7 Å². The molecule has 0 saturated heterocycles. The van der Waals surface area contributed by atoms with Gasteiger partial charge in [0, 0.05) is 19.7 Å². The summed E-state index contributed by atoms with van der Waals surface area (Å²) in [4.78, 5) is 11.5. The zero-order valence-corrected chi connectivity index (χ0v) is 9.24. The summed E-state index contributed by atoms with van der Waals surface area (Å²) < 4.78 is 13.5. The van der Waals surface area contributed by atoms with Crippen LogP contribution in [0, 0.1) is 15.9 Å². The lowest BCUT2D eigenvalue weighted by Gasteiger charge is -2.19. The number of anilines is 1. The van der Waals surface area contributed by atoms with Gasteiger partial charge in [-0.2, -0.15) is 0 Å². The Hall–Kier alpha value is -1.91. The zero-order chi connectivity index (χ0) is 12.3. The van der Waals surface area contributed by atoms with E-state index in [9.17, 15) is 14.5 Å². The zero-order valence-electron chi connectivity index (χ0n) is 9.24. The van der Waals surface area contributed by atoms with Gasteiger partial charge in [-0.25, -0.2) is 4.39 Å². The lowest BCUT2D eigenvalue weighted by atomic mass is 10.2. The SMILES string of the molecule is C=C(C)CN(C)c1ccc([N+](=O)[O-])cc1F. The molecule has 1 aromatic carbocycles. The molecule has 16 heavy (non-hydrogen) atoms. The van der Waals surface area contributed by atoms with E-state index in [1.807, 2.05) is 6.92 Å². The van der Waals surface area contributed by atoms with Crippen LogP contribution >= 0.6 is 0 Å². The van der Waals surface area contributed by atoms with E-state index in [4.69, 9.17) is 0 Å². The van der Waals surface area contributed by atoms with E-state index in [-0.39, 0.29) is 5.69 Å². The van der Waals surface area contributed by atoms with Crippen LogP contribution in [0.5, 0.6) is 0 Å². The molecule has 86 valence electrons. The first-order valence-corrected chi connectivity index (χ1v) is 4.71. The van der Waals surface area contributed by atoms with E-state index in [1.54, 1.807) is 11.9 Å². The highest BCUT2D eigenvalue weighted by Gasteiger charge is 2.13. The Morgan fingerprint density at radius 2 is 2.25 bits per heavy atom. The summed E-state index contributed by atoms with van der Waals surface area (Å²) in [5.74, 6) is -0.599. The van der Waals surface area contributed by atoms with Crippen LogP contribution in [-0.2, 0) is 0 Å². The lowest BCUT2D eigenvalue weighted by molar-refractivity contribution is -0.385. The maximum absolute atomic E-state index is 13.5. The van der Waals surface area contributed by atoms with E-state index in [0.29, 0.717) is 12.2 Å². The first kappa shape index (κ1) is 12.2. The van der Waals surface area contributed by atoms with Gasteiger partial charge >= 0.3 is 0 Å². The van der Waals surface area contributed by atoms with Crippen molar-refractivity contribution in [2.45, 2.75) is 6.92 Å². The highest BCUT2D eigenvalue weighted by molar-refractivity contribution is 5.52. The summed E-state index contributed by atoms with van der Waals surface area (Å²) >= 11 is 0. The molecule has 0 aliphatic rings. The molecule has 0 saturated carbocycles. The van der Waals surface area contributed by atoms with Crippen LogP contribution in [0.2, 0.25) is 0 Å². The molecule has 0 aromatic heterocycles. The number of nitro benzene ring substituents is 1. The van der Waals surface area contributed by atoms with Gasteiger partial charge in [-0.05, 0) is 13.0 Å². The number of hydrogen-bond donors (Lipinski definition) is 0. The number of halogens is 1. The Kier molecular flexibility index (Phi) is 3.60. The summed E-state index contributed by atoms with van der Waals surface area (Å²) in [5, 5.41) is 10.4. The fraction of sp³-hybridized carbons (Fsp3) is 0.273. The van der Waals surface area contributed by atoms with Crippen molar-refractivity contribution in [3.05, 3.63) is 46.3 Å². The smallest absolute Gasteiger partial charge is 0.272 e. The van der Waals surface area contributed by atoms with Gasteiger partial charge in [0.1, 0.15) is 0 Å². The lowest BCUT2D eigenvalue weighted by Crippen LogP contribution is -2.20. The minimum absolute atomic E-state index is 0.245. The van der Waals surface area contributed by atoms with Gasteiger partial charge in [-0.15, -0.1) is 0 Å². The molecule has 0 N–H and O–H groups in total. The predicted octanol–water partition coefficient (Wildman–Crippen LogP) is 2.75. The molecule has 0 bridgehead atoms. The number of nitro groups is 1. The first-order chi connectivity index (χ1) is 7.41. The van der Waals surface area contributed by atoms with Gasteiger partial charge in [0.25, 0.3) is 5.69 Å². The number of nitrogens with zero attached hydrogens (tertiary/aromatic N) is 2. The van der Waals surface area contributed by atoms with E-state index >= 15 is 0 Å². The topological polar surface area (TPSA) is 46.4 Å².